The molecule has 2 fully saturated rings. The molecule has 0 bridgehead atoms. The van der Waals surface area contributed by atoms with Gasteiger partial charge in [0.1, 0.15) is 0 Å². The zero-order chi connectivity index (χ0) is 17.2. The zero-order valence-electron chi connectivity index (χ0n) is 14.1. The molecule has 6 nitrogen and oxygen atoms in total. The molecule has 2 atom stereocenters. The topological polar surface area (TPSA) is 58.4 Å². The lowest BCUT2D eigenvalue weighted by Gasteiger charge is -2.34. The van der Waals surface area contributed by atoms with Crippen molar-refractivity contribution in [2.45, 2.75) is 25.3 Å². The first-order valence-electron chi connectivity index (χ1n) is 8.85. The Morgan fingerprint density at radius 1 is 1.12 bits per heavy atom. The number of amides is 2. The molecule has 0 saturated carbocycles. The van der Waals surface area contributed by atoms with Gasteiger partial charge in [-0.05, 0) is 31.0 Å². The van der Waals surface area contributed by atoms with Crippen LogP contribution in [0.5, 0.6) is 0 Å². The van der Waals surface area contributed by atoms with E-state index in [-0.39, 0.29) is 23.8 Å². The summed E-state index contributed by atoms with van der Waals surface area (Å²) in [7, 11) is 0. The Bertz CT molecular complexity index is 744. The summed E-state index contributed by atoms with van der Waals surface area (Å²) in [5.74, 6) is -0.113. The van der Waals surface area contributed by atoms with Crippen LogP contribution < -0.4 is 4.90 Å². The molecule has 2 aromatic rings. The Morgan fingerprint density at radius 2 is 1.96 bits per heavy atom. The molecular weight excluding hydrogens is 316 g/mol. The highest BCUT2D eigenvalue weighted by Crippen LogP contribution is 2.28. The van der Waals surface area contributed by atoms with E-state index in [4.69, 9.17) is 0 Å². The third kappa shape index (κ3) is 3.16. The summed E-state index contributed by atoms with van der Waals surface area (Å²) in [5.41, 5.74) is 0.871. The second-order valence-corrected chi connectivity index (χ2v) is 6.81. The fourth-order valence-corrected chi connectivity index (χ4v) is 3.86. The number of carbonyl (C=O) groups excluding carboxylic acids is 2. The highest BCUT2D eigenvalue weighted by atomic mass is 16.2. The first-order chi connectivity index (χ1) is 12.2. The average molecular weight is 338 g/mol. The first kappa shape index (κ1) is 15.9. The van der Waals surface area contributed by atoms with Gasteiger partial charge in [0.05, 0.1) is 12.0 Å². The van der Waals surface area contributed by atoms with Crippen LogP contribution in [0.1, 0.15) is 25.3 Å². The van der Waals surface area contributed by atoms with Crippen molar-refractivity contribution in [3.05, 3.63) is 48.8 Å². The fraction of sp³-hybridized carbons (Fsp3) is 0.421. The molecule has 2 amide bonds. The van der Waals surface area contributed by atoms with E-state index in [1.807, 2.05) is 52.2 Å². The lowest BCUT2D eigenvalue weighted by molar-refractivity contribution is -0.137. The van der Waals surface area contributed by atoms with E-state index in [9.17, 15) is 9.59 Å². The van der Waals surface area contributed by atoms with Gasteiger partial charge in [-0.1, -0.05) is 18.2 Å². The molecule has 3 heterocycles. The van der Waals surface area contributed by atoms with E-state index in [0.717, 1.165) is 25.1 Å². The van der Waals surface area contributed by atoms with Crippen LogP contribution in [0.2, 0.25) is 0 Å². The van der Waals surface area contributed by atoms with Gasteiger partial charge in [-0.25, -0.2) is 0 Å². The molecular formula is C19H22N4O2. The Kier molecular flexibility index (Phi) is 4.26. The zero-order valence-corrected chi connectivity index (χ0v) is 14.1. The van der Waals surface area contributed by atoms with Gasteiger partial charge in [0.25, 0.3) is 0 Å². The van der Waals surface area contributed by atoms with Gasteiger partial charge in [-0.2, -0.15) is 5.10 Å². The Balaban J connectivity index is 1.43. The molecule has 0 spiro atoms. The van der Waals surface area contributed by atoms with E-state index in [0.29, 0.717) is 19.5 Å². The van der Waals surface area contributed by atoms with Crippen molar-refractivity contribution in [1.82, 2.24) is 14.7 Å². The SMILES string of the molecule is O=C([C@H]1CC(=O)N(c2ccccc2)C1)N1CCC[C@@H](n2cccn2)C1. The average Bonchev–Trinajstić information content (AvgIpc) is 3.32. The van der Waals surface area contributed by atoms with Gasteiger partial charge in [0, 0.05) is 44.1 Å². The van der Waals surface area contributed by atoms with Gasteiger partial charge in [0.15, 0.2) is 0 Å². The summed E-state index contributed by atoms with van der Waals surface area (Å²) in [6.07, 6.45) is 6.03. The molecule has 6 heteroatoms. The normalized spacial score (nSPS) is 23.9. The van der Waals surface area contributed by atoms with E-state index in [1.54, 1.807) is 11.1 Å². The van der Waals surface area contributed by atoms with E-state index in [2.05, 4.69) is 5.10 Å². The van der Waals surface area contributed by atoms with E-state index < -0.39 is 0 Å². The maximum absolute atomic E-state index is 13.0. The molecule has 0 radical (unpaired) electrons. The Hall–Kier alpha value is -2.63. The molecule has 4 rings (SSSR count). The van der Waals surface area contributed by atoms with Crippen LogP contribution in [0.3, 0.4) is 0 Å². The van der Waals surface area contributed by atoms with Gasteiger partial charge < -0.3 is 9.80 Å². The minimum atomic E-state index is -0.246. The highest BCUT2D eigenvalue weighted by molar-refractivity contribution is 6.00. The summed E-state index contributed by atoms with van der Waals surface area (Å²) in [6.45, 7) is 1.92. The molecule has 1 aromatic heterocycles. The second-order valence-electron chi connectivity index (χ2n) is 6.81. The number of hydrogen-bond donors (Lipinski definition) is 0. The monoisotopic (exact) mass is 338 g/mol. The quantitative estimate of drug-likeness (QED) is 0.861. The summed E-state index contributed by atoms with van der Waals surface area (Å²) in [4.78, 5) is 29.0. The number of piperidine rings is 1. The number of rotatable bonds is 3. The van der Waals surface area contributed by atoms with Gasteiger partial charge in [-0.15, -0.1) is 0 Å². The summed E-state index contributed by atoms with van der Waals surface area (Å²) < 4.78 is 1.94. The number of aromatic nitrogens is 2. The Labute approximate surface area is 147 Å². The van der Waals surface area contributed by atoms with Crippen LogP contribution in [0.4, 0.5) is 5.69 Å². The van der Waals surface area contributed by atoms with Crippen LogP contribution >= 0.6 is 0 Å². The molecule has 0 unspecified atom stereocenters. The first-order valence-corrected chi connectivity index (χ1v) is 8.85. The number of carbonyl (C=O) groups is 2. The molecule has 2 aliphatic heterocycles. The molecule has 1 aromatic carbocycles. The summed E-state index contributed by atoms with van der Waals surface area (Å²) in [6, 6.07) is 11.7. The van der Waals surface area contributed by atoms with E-state index >= 15 is 0 Å². The van der Waals surface area contributed by atoms with Crippen molar-refractivity contribution in [1.29, 1.82) is 0 Å². The number of para-hydroxylation sites is 1. The van der Waals surface area contributed by atoms with Crippen molar-refractivity contribution in [2.75, 3.05) is 24.5 Å². The van der Waals surface area contributed by atoms with Crippen molar-refractivity contribution < 1.29 is 9.59 Å². The van der Waals surface area contributed by atoms with Gasteiger partial charge >= 0.3 is 0 Å². The number of benzene rings is 1. The van der Waals surface area contributed by atoms with Crippen molar-refractivity contribution >= 4 is 17.5 Å². The third-order valence-electron chi connectivity index (χ3n) is 5.15. The predicted octanol–water partition coefficient (Wildman–Crippen LogP) is 2.10. The van der Waals surface area contributed by atoms with Crippen molar-refractivity contribution in [2.24, 2.45) is 5.92 Å². The standard InChI is InChI=1S/C19H22N4O2/c24-18-12-15(13-22(18)16-6-2-1-3-7-16)19(25)21-10-4-8-17(14-21)23-11-5-9-20-23/h1-3,5-7,9,11,15,17H,4,8,10,12-14H2/t15-,17+/m0/s1. The fourth-order valence-electron chi connectivity index (χ4n) is 3.86. The Morgan fingerprint density at radius 3 is 2.72 bits per heavy atom. The predicted molar refractivity (Wildman–Crippen MR) is 94.0 cm³/mol. The molecule has 25 heavy (non-hydrogen) atoms. The van der Waals surface area contributed by atoms with E-state index in [1.165, 1.54) is 0 Å². The molecule has 2 saturated heterocycles. The minimum absolute atomic E-state index is 0.0326. The second kappa shape index (κ2) is 6.70. The van der Waals surface area contributed by atoms with Crippen LogP contribution in [-0.4, -0.2) is 46.1 Å². The van der Waals surface area contributed by atoms with Crippen LogP contribution in [0, 0.1) is 5.92 Å². The number of hydrogen-bond acceptors (Lipinski definition) is 3. The smallest absolute Gasteiger partial charge is 0.228 e. The molecule has 0 N–H and O–H groups in total. The molecule has 0 aliphatic carbocycles. The lowest BCUT2D eigenvalue weighted by Crippen LogP contribution is -2.44. The van der Waals surface area contributed by atoms with Crippen LogP contribution in [0.25, 0.3) is 0 Å². The van der Waals surface area contributed by atoms with Crippen LogP contribution in [-0.2, 0) is 9.59 Å². The van der Waals surface area contributed by atoms with Crippen LogP contribution in [0.15, 0.2) is 48.8 Å². The highest BCUT2D eigenvalue weighted by Gasteiger charge is 2.38. The number of anilines is 1. The van der Waals surface area contributed by atoms with Gasteiger partial charge in [0.2, 0.25) is 11.8 Å². The summed E-state index contributed by atoms with van der Waals surface area (Å²) in [5, 5.41) is 4.31. The van der Waals surface area contributed by atoms with Gasteiger partial charge in [-0.3, -0.25) is 14.3 Å². The number of nitrogens with zero attached hydrogens (tertiary/aromatic N) is 4. The minimum Gasteiger partial charge on any atom is -0.340 e. The maximum Gasteiger partial charge on any atom is 0.228 e. The molecule has 130 valence electrons. The largest absolute Gasteiger partial charge is 0.340 e. The molecule has 2 aliphatic rings. The third-order valence-corrected chi connectivity index (χ3v) is 5.15. The van der Waals surface area contributed by atoms with Crippen molar-refractivity contribution in [3.63, 3.8) is 0 Å². The lowest BCUT2D eigenvalue weighted by atomic mass is 10.0. The van der Waals surface area contributed by atoms with Crippen molar-refractivity contribution in [3.8, 4) is 0 Å². The number of likely N-dealkylation sites (tertiary alicyclic amines) is 1. The maximum atomic E-state index is 13.0. The summed E-state index contributed by atoms with van der Waals surface area (Å²) >= 11 is 0.